The predicted molar refractivity (Wildman–Crippen MR) is 259 cm³/mol. The van der Waals surface area contributed by atoms with Gasteiger partial charge in [-0.3, -0.25) is 4.79 Å². The fourth-order valence-corrected chi connectivity index (χ4v) is 6.09. The molecule has 0 radical (unpaired) electrons. The van der Waals surface area contributed by atoms with Crippen LogP contribution < -0.4 is 21.3 Å². The van der Waals surface area contributed by atoms with Gasteiger partial charge in [0.25, 0.3) is 0 Å². The lowest BCUT2D eigenvalue weighted by Gasteiger charge is -2.30. The van der Waals surface area contributed by atoms with Crippen molar-refractivity contribution in [2.24, 2.45) is 0 Å². The number of amides is 4. The first-order valence-electron chi connectivity index (χ1n) is 25.1. The van der Waals surface area contributed by atoms with Crippen molar-refractivity contribution in [3.05, 3.63) is 0 Å². The van der Waals surface area contributed by atoms with Crippen molar-refractivity contribution < 1.29 is 57.1 Å². The summed E-state index contributed by atoms with van der Waals surface area (Å²) in [6.45, 7) is 15.5. The van der Waals surface area contributed by atoms with Gasteiger partial charge in [0.2, 0.25) is 6.41 Å². The number of unbranched alkanes of at least 4 members (excludes halogenated alkanes) is 20. The molecular weight excluding hydrogens is 837 g/mol. The first kappa shape index (κ1) is 64.2. The predicted octanol–water partition coefficient (Wildman–Crippen LogP) is 9.79. The van der Waals surface area contributed by atoms with Crippen LogP contribution in [0.15, 0.2) is 0 Å². The molecule has 16 nitrogen and oxygen atoms in total. The first-order chi connectivity index (χ1) is 31.4. The van der Waals surface area contributed by atoms with Crippen LogP contribution in [0.2, 0.25) is 0 Å². The summed E-state index contributed by atoms with van der Waals surface area (Å²) < 4.78 is 42.8. The molecular formula is C49H98N4O12. The van der Waals surface area contributed by atoms with Gasteiger partial charge in [0.05, 0.1) is 44.2 Å². The van der Waals surface area contributed by atoms with Gasteiger partial charge < -0.3 is 59.2 Å². The van der Waals surface area contributed by atoms with Gasteiger partial charge in [-0.15, -0.1) is 0 Å². The van der Waals surface area contributed by atoms with E-state index in [1.807, 2.05) is 27.7 Å². The molecule has 4 amide bonds. The molecule has 0 aromatic rings. The zero-order valence-electron chi connectivity index (χ0n) is 42.6. The van der Waals surface area contributed by atoms with E-state index in [0.29, 0.717) is 26.4 Å². The number of ether oxygens (including phenoxy) is 8. The average Bonchev–Trinajstić information content (AvgIpc) is 3.29. The lowest BCUT2D eigenvalue weighted by atomic mass is 10.1. The van der Waals surface area contributed by atoms with Gasteiger partial charge >= 0.3 is 18.3 Å². The Bertz CT molecular complexity index is 1090. The highest BCUT2D eigenvalue weighted by atomic mass is 16.6. The van der Waals surface area contributed by atoms with Crippen LogP contribution in [-0.2, 0) is 42.7 Å². The summed E-state index contributed by atoms with van der Waals surface area (Å²) in [6, 6.07) is 0. The molecule has 0 spiro atoms. The van der Waals surface area contributed by atoms with Crippen molar-refractivity contribution in [1.82, 2.24) is 21.3 Å². The molecule has 1 unspecified atom stereocenters. The monoisotopic (exact) mass is 935 g/mol. The molecule has 1 atom stereocenters. The van der Waals surface area contributed by atoms with Gasteiger partial charge in [0.1, 0.15) is 25.9 Å². The van der Waals surface area contributed by atoms with Crippen LogP contribution in [0.1, 0.15) is 183 Å². The van der Waals surface area contributed by atoms with E-state index >= 15 is 0 Å². The quantitative estimate of drug-likeness (QED) is 0.0257. The van der Waals surface area contributed by atoms with Gasteiger partial charge in [0.15, 0.2) is 0 Å². The van der Waals surface area contributed by atoms with Crippen molar-refractivity contribution in [3.63, 3.8) is 0 Å². The summed E-state index contributed by atoms with van der Waals surface area (Å²) in [7, 11) is 3.08. The second-order valence-corrected chi connectivity index (χ2v) is 17.8. The minimum atomic E-state index is -0.654. The molecule has 4 N–H and O–H groups in total. The lowest BCUT2D eigenvalue weighted by molar-refractivity contribution is -0.121. The number of alkyl carbamates (subject to hydrolysis) is 3. The maximum absolute atomic E-state index is 12.0. The zero-order valence-corrected chi connectivity index (χ0v) is 42.6. The van der Waals surface area contributed by atoms with E-state index in [-0.39, 0.29) is 46.1 Å². The Morgan fingerprint density at radius 3 is 1.26 bits per heavy atom. The molecule has 0 aromatic carbocycles. The summed E-state index contributed by atoms with van der Waals surface area (Å²) in [4.78, 5) is 45.8. The Kier molecular flexibility index (Phi) is 47.0. The maximum atomic E-state index is 12.0. The van der Waals surface area contributed by atoms with Gasteiger partial charge in [-0.25, -0.2) is 14.4 Å². The van der Waals surface area contributed by atoms with Crippen LogP contribution in [0.5, 0.6) is 0 Å². The molecule has 16 heteroatoms. The van der Waals surface area contributed by atoms with E-state index in [1.54, 1.807) is 7.11 Å². The Morgan fingerprint density at radius 1 is 0.477 bits per heavy atom. The van der Waals surface area contributed by atoms with Crippen molar-refractivity contribution in [2.45, 2.75) is 200 Å². The Labute approximate surface area is 395 Å². The minimum absolute atomic E-state index is 0.0330. The molecule has 65 heavy (non-hydrogen) atoms. The van der Waals surface area contributed by atoms with Crippen LogP contribution in [-0.4, -0.2) is 135 Å². The van der Waals surface area contributed by atoms with E-state index < -0.39 is 35.6 Å². The molecule has 0 heterocycles. The van der Waals surface area contributed by atoms with Crippen molar-refractivity contribution in [1.29, 1.82) is 0 Å². The fraction of sp³-hybridized carbons (Fsp3) is 0.918. The van der Waals surface area contributed by atoms with Crippen LogP contribution >= 0.6 is 0 Å². The van der Waals surface area contributed by atoms with E-state index in [4.69, 9.17) is 37.9 Å². The Hall–Kier alpha value is -2.92. The summed E-state index contributed by atoms with van der Waals surface area (Å²) in [5, 5.41) is 10.6. The van der Waals surface area contributed by atoms with Crippen LogP contribution in [0.3, 0.4) is 0 Å². The molecule has 0 aliphatic carbocycles. The molecule has 0 aliphatic rings. The summed E-state index contributed by atoms with van der Waals surface area (Å²) in [6.07, 6.45) is 27.2. The SMILES string of the molecule is CCCCCCCCCCCCCNC(=O)OCC(COC(=O)NCCOCCOCCNC(=O)OCC(C)(C)OCC(C)(C)OC)OC.CCCCCCCCCCCCCNC=O. The third kappa shape index (κ3) is 50.3. The number of rotatable bonds is 45. The number of carbonyl (C=O) groups is 4. The van der Waals surface area contributed by atoms with Crippen LogP contribution in [0.25, 0.3) is 0 Å². The summed E-state index contributed by atoms with van der Waals surface area (Å²) >= 11 is 0. The topological polar surface area (TPSA) is 190 Å². The molecule has 0 aromatic heterocycles. The standard InChI is InChI=1S/C35H69N3O11.C14H29NO/c1-8-9-10-11-12-13-14-15-16-17-18-19-36-31(39)46-26-30(42-6)27-47-32(40)37-20-22-44-24-25-45-23-21-38-33(41)48-28-35(4,5)49-29-34(2,3)43-7;1-2-3-4-5-6-7-8-9-10-11-12-13-15-14-16/h30H,8-29H2,1-7H3,(H,36,39)(H,37,40)(H,38,41);14H,2-13H2,1H3,(H,15,16). The van der Waals surface area contributed by atoms with Gasteiger partial charge in [-0.2, -0.15) is 0 Å². The fourth-order valence-electron chi connectivity index (χ4n) is 6.09. The number of hydrogen-bond donors (Lipinski definition) is 4. The van der Waals surface area contributed by atoms with Gasteiger partial charge in [-0.1, -0.05) is 142 Å². The van der Waals surface area contributed by atoms with Crippen LogP contribution in [0.4, 0.5) is 14.4 Å². The maximum Gasteiger partial charge on any atom is 0.407 e. The highest BCUT2D eigenvalue weighted by Gasteiger charge is 2.26. The average molecular weight is 935 g/mol. The second kappa shape index (κ2) is 47.6. The Morgan fingerprint density at radius 2 is 0.862 bits per heavy atom. The van der Waals surface area contributed by atoms with Crippen molar-refractivity contribution in [2.75, 3.05) is 93.3 Å². The van der Waals surface area contributed by atoms with E-state index in [0.717, 1.165) is 32.2 Å². The summed E-state index contributed by atoms with van der Waals surface area (Å²) in [5.41, 5.74) is -1.08. The van der Waals surface area contributed by atoms with E-state index in [1.165, 1.54) is 129 Å². The smallest absolute Gasteiger partial charge is 0.407 e. The number of carbonyl (C=O) groups excluding carboxylic acids is 4. The minimum Gasteiger partial charge on any atom is -0.447 e. The Balaban J connectivity index is 0. The van der Waals surface area contributed by atoms with E-state index in [9.17, 15) is 19.2 Å². The molecule has 0 aliphatic heterocycles. The normalized spacial score (nSPS) is 11.8. The molecule has 0 fully saturated rings. The number of nitrogens with one attached hydrogen (secondary N) is 4. The lowest BCUT2D eigenvalue weighted by Crippen LogP contribution is -2.40. The third-order valence-electron chi connectivity index (χ3n) is 10.5. The highest BCUT2D eigenvalue weighted by molar-refractivity contribution is 5.67. The number of methoxy groups -OCH3 is 2. The number of hydrogen-bond acceptors (Lipinski definition) is 12. The third-order valence-corrected chi connectivity index (χ3v) is 10.5. The first-order valence-corrected chi connectivity index (χ1v) is 25.1. The molecule has 0 saturated heterocycles. The van der Waals surface area contributed by atoms with Gasteiger partial charge in [-0.05, 0) is 40.5 Å². The zero-order chi connectivity index (χ0) is 48.5. The molecule has 386 valence electrons. The molecule has 0 rings (SSSR count). The largest absolute Gasteiger partial charge is 0.447 e. The second-order valence-electron chi connectivity index (χ2n) is 17.8. The van der Waals surface area contributed by atoms with Crippen molar-refractivity contribution in [3.8, 4) is 0 Å². The van der Waals surface area contributed by atoms with E-state index in [2.05, 4.69) is 35.1 Å². The van der Waals surface area contributed by atoms with Crippen molar-refractivity contribution >= 4 is 24.7 Å². The van der Waals surface area contributed by atoms with Gasteiger partial charge in [0, 0.05) is 40.4 Å². The molecule has 0 bridgehead atoms. The molecule has 0 saturated carbocycles. The van der Waals surface area contributed by atoms with Crippen LogP contribution in [0, 0.1) is 0 Å². The highest BCUT2D eigenvalue weighted by Crippen LogP contribution is 2.16. The summed E-state index contributed by atoms with van der Waals surface area (Å²) in [5.74, 6) is 0.